The van der Waals surface area contributed by atoms with Crippen molar-refractivity contribution in [2.75, 3.05) is 0 Å². The monoisotopic (exact) mass is 266 g/mol. The topological polar surface area (TPSA) is 63.6 Å². The summed E-state index contributed by atoms with van der Waals surface area (Å²) in [5.74, 6) is 0.952. The first-order valence-corrected chi connectivity index (χ1v) is 6.95. The molecule has 4 nitrogen and oxygen atoms in total. The molecule has 20 heavy (non-hydrogen) atoms. The lowest BCUT2D eigenvalue weighted by atomic mass is 9.88. The number of rotatable bonds is 2. The highest BCUT2D eigenvalue weighted by molar-refractivity contribution is 6.13. The number of aromatic nitrogens is 1. The first-order chi connectivity index (χ1) is 9.69. The Morgan fingerprint density at radius 1 is 1.25 bits per heavy atom. The molecule has 2 heterocycles. The minimum absolute atomic E-state index is 0.331. The smallest absolute Gasteiger partial charge is 0.123 e. The van der Waals surface area contributed by atoms with Gasteiger partial charge in [-0.3, -0.25) is 4.98 Å². The molecule has 1 aliphatic rings. The minimum Gasteiger partial charge on any atom is -0.386 e. The van der Waals surface area contributed by atoms with Gasteiger partial charge >= 0.3 is 0 Å². The lowest BCUT2D eigenvalue weighted by Crippen LogP contribution is -2.27. The van der Waals surface area contributed by atoms with E-state index in [9.17, 15) is 0 Å². The molecule has 0 bridgehead atoms. The SMILES string of the molecule is CCC1CC(N)=NN=C1c1cc(C)nc2ccccc12. The van der Waals surface area contributed by atoms with Crippen LogP contribution in [0.2, 0.25) is 0 Å². The number of nitrogens with zero attached hydrogens (tertiary/aromatic N) is 3. The lowest BCUT2D eigenvalue weighted by molar-refractivity contribution is 0.677. The molecule has 0 saturated heterocycles. The third-order valence-corrected chi connectivity index (χ3v) is 3.74. The molecular weight excluding hydrogens is 248 g/mol. The van der Waals surface area contributed by atoms with Crippen molar-refractivity contribution in [2.24, 2.45) is 21.9 Å². The number of aryl methyl sites for hydroxylation is 1. The third kappa shape index (κ3) is 2.18. The number of pyridine rings is 1. The van der Waals surface area contributed by atoms with E-state index in [0.717, 1.165) is 40.7 Å². The molecule has 0 amide bonds. The summed E-state index contributed by atoms with van der Waals surface area (Å²) < 4.78 is 0. The van der Waals surface area contributed by atoms with Gasteiger partial charge in [-0.05, 0) is 25.5 Å². The Labute approximate surface area is 118 Å². The molecule has 102 valence electrons. The van der Waals surface area contributed by atoms with Crippen LogP contribution in [-0.2, 0) is 0 Å². The number of para-hydroxylation sites is 1. The molecular formula is C16H18N4. The van der Waals surface area contributed by atoms with Crippen molar-refractivity contribution in [1.29, 1.82) is 0 Å². The van der Waals surface area contributed by atoms with E-state index in [4.69, 9.17) is 5.73 Å². The van der Waals surface area contributed by atoms with Gasteiger partial charge in [-0.25, -0.2) is 0 Å². The van der Waals surface area contributed by atoms with Gasteiger partial charge in [0, 0.05) is 29.0 Å². The van der Waals surface area contributed by atoms with Crippen molar-refractivity contribution < 1.29 is 0 Å². The zero-order chi connectivity index (χ0) is 14.1. The van der Waals surface area contributed by atoms with Gasteiger partial charge in [0.25, 0.3) is 0 Å². The van der Waals surface area contributed by atoms with E-state index in [1.165, 1.54) is 0 Å². The minimum atomic E-state index is 0.331. The van der Waals surface area contributed by atoms with E-state index in [2.05, 4.69) is 34.2 Å². The second kappa shape index (κ2) is 5.04. The molecule has 1 aliphatic heterocycles. The number of amidine groups is 1. The normalized spacial score (nSPS) is 18.8. The predicted octanol–water partition coefficient (Wildman–Crippen LogP) is 3.03. The number of hydrogen-bond donors (Lipinski definition) is 1. The molecule has 1 aromatic carbocycles. The highest BCUT2D eigenvalue weighted by atomic mass is 15.2. The summed E-state index contributed by atoms with van der Waals surface area (Å²) in [6.45, 7) is 4.17. The van der Waals surface area contributed by atoms with Crippen LogP contribution in [0, 0.1) is 12.8 Å². The second-order valence-corrected chi connectivity index (χ2v) is 5.21. The molecule has 2 aromatic rings. The largest absolute Gasteiger partial charge is 0.386 e. The second-order valence-electron chi connectivity index (χ2n) is 5.21. The summed E-state index contributed by atoms with van der Waals surface area (Å²) in [5.41, 5.74) is 9.98. The van der Waals surface area contributed by atoms with Crippen molar-refractivity contribution in [1.82, 2.24) is 4.98 Å². The van der Waals surface area contributed by atoms with Crippen LogP contribution in [0.4, 0.5) is 0 Å². The van der Waals surface area contributed by atoms with E-state index >= 15 is 0 Å². The van der Waals surface area contributed by atoms with Crippen LogP contribution in [0.1, 0.15) is 31.0 Å². The van der Waals surface area contributed by atoms with Crippen LogP contribution in [0.25, 0.3) is 10.9 Å². The van der Waals surface area contributed by atoms with Crippen LogP contribution in [-0.4, -0.2) is 16.5 Å². The first kappa shape index (κ1) is 12.8. The van der Waals surface area contributed by atoms with Gasteiger partial charge in [0.05, 0.1) is 11.2 Å². The zero-order valence-corrected chi connectivity index (χ0v) is 11.8. The summed E-state index contributed by atoms with van der Waals surface area (Å²) >= 11 is 0. The van der Waals surface area contributed by atoms with Crippen LogP contribution in [0.15, 0.2) is 40.5 Å². The Bertz CT molecular complexity index is 715. The fourth-order valence-corrected chi connectivity index (χ4v) is 2.72. The van der Waals surface area contributed by atoms with Crippen LogP contribution < -0.4 is 5.73 Å². The summed E-state index contributed by atoms with van der Waals surface area (Å²) in [6, 6.07) is 10.3. The fourth-order valence-electron chi connectivity index (χ4n) is 2.72. The quantitative estimate of drug-likeness (QED) is 0.908. The highest BCUT2D eigenvalue weighted by Crippen LogP contribution is 2.26. The Kier molecular flexibility index (Phi) is 3.22. The fraction of sp³-hybridized carbons (Fsp3) is 0.312. The van der Waals surface area contributed by atoms with Gasteiger partial charge in [0.1, 0.15) is 5.84 Å². The van der Waals surface area contributed by atoms with Gasteiger partial charge in [-0.1, -0.05) is 25.1 Å². The molecule has 1 aromatic heterocycles. The third-order valence-electron chi connectivity index (χ3n) is 3.74. The molecule has 3 rings (SSSR count). The van der Waals surface area contributed by atoms with Crippen LogP contribution in [0.5, 0.6) is 0 Å². The molecule has 1 atom stereocenters. The maximum Gasteiger partial charge on any atom is 0.123 e. The maximum atomic E-state index is 5.81. The Balaban J connectivity index is 2.23. The van der Waals surface area contributed by atoms with Crippen LogP contribution in [0.3, 0.4) is 0 Å². The predicted molar refractivity (Wildman–Crippen MR) is 83.0 cm³/mol. The number of nitrogens with two attached hydrogens (primary N) is 1. The molecule has 0 aliphatic carbocycles. The van der Waals surface area contributed by atoms with Gasteiger partial charge in [-0.2, -0.15) is 5.10 Å². The molecule has 2 N–H and O–H groups in total. The summed E-state index contributed by atoms with van der Waals surface area (Å²) in [4.78, 5) is 4.58. The van der Waals surface area contributed by atoms with Gasteiger partial charge in [0.15, 0.2) is 0 Å². The van der Waals surface area contributed by atoms with Gasteiger partial charge < -0.3 is 5.73 Å². The van der Waals surface area contributed by atoms with Crippen molar-refractivity contribution in [3.05, 3.63) is 41.6 Å². The molecule has 0 fully saturated rings. The average Bonchev–Trinajstić information content (AvgIpc) is 2.46. The Morgan fingerprint density at radius 2 is 2.05 bits per heavy atom. The van der Waals surface area contributed by atoms with E-state index in [-0.39, 0.29) is 0 Å². The zero-order valence-electron chi connectivity index (χ0n) is 11.8. The summed E-state index contributed by atoms with van der Waals surface area (Å²) in [6.07, 6.45) is 1.79. The van der Waals surface area contributed by atoms with Crippen molar-refractivity contribution in [3.63, 3.8) is 0 Å². The van der Waals surface area contributed by atoms with Crippen molar-refractivity contribution >= 4 is 22.5 Å². The standard InChI is InChI=1S/C16H18N4/c1-3-11-9-15(17)19-20-16(11)13-8-10(2)18-14-7-5-4-6-12(13)14/h4-8,11H,3,9H2,1-2H3,(H2,17,19). The van der Waals surface area contributed by atoms with E-state index in [1.807, 2.05) is 25.1 Å². The van der Waals surface area contributed by atoms with E-state index in [1.54, 1.807) is 0 Å². The summed E-state index contributed by atoms with van der Waals surface area (Å²) in [5, 5.41) is 9.59. The van der Waals surface area contributed by atoms with E-state index < -0.39 is 0 Å². The highest BCUT2D eigenvalue weighted by Gasteiger charge is 2.23. The maximum absolute atomic E-state index is 5.81. The number of hydrogen-bond acceptors (Lipinski definition) is 4. The van der Waals surface area contributed by atoms with E-state index in [0.29, 0.717) is 11.8 Å². The molecule has 4 heteroatoms. The Hall–Kier alpha value is -2.23. The summed E-state index contributed by atoms with van der Waals surface area (Å²) in [7, 11) is 0. The van der Waals surface area contributed by atoms with Gasteiger partial charge in [0.2, 0.25) is 0 Å². The van der Waals surface area contributed by atoms with Crippen molar-refractivity contribution in [3.8, 4) is 0 Å². The molecule has 0 saturated carbocycles. The first-order valence-electron chi connectivity index (χ1n) is 6.95. The molecule has 1 unspecified atom stereocenters. The number of fused-ring (bicyclic) bond motifs is 1. The van der Waals surface area contributed by atoms with Crippen LogP contribution >= 0.6 is 0 Å². The van der Waals surface area contributed by atoms with Crippen molar-refractivity contribution in [2.45, 2.75) is 26.7 Å². The Morgan fingerprint density at radius 3 is 2.85 bits per heavy atom. The number of benzene rings is 1. The molecule has 0 radical (unpaired) electrons. The molecule has 0 spiro atoms. The van der Waals surface area contributed by atoms with Gasteiger partial charge in [-0.15, -0.1) is 5.10 Å². The lowest BCUT2D eigenvalue weighted by Gasteiger charge is -2.21. The average molecular weight is 266 g/mol.